The van der Waals surface area contributed by atoms with Crippen molar-refractivity contribution in [1.82, 2.24) is 5.01 Å². The molecule has 1 aromatic heterocycles. The largest absolute Gasteiger partial charge is 0.500 e. The van der Waals surface area contributed by atoms with Gasteiger partial charge in [-0.05, 0) is 0 Å². The van der Waals surface area contributed by atoms with Gasteiger partial charge in [-0.15, -0.1) is 0 Å². The highest BCUT2D eigenvalue weighted by Gasteiger charge is 2.22. The minimum Gasteiger partial charge on any atom is -0.500 e. The molecule has 2 rings (SSSR count). The average molecular weight is 277 g/mol. The quantitative estimate of drug-likeness (QED) is 0.421. The van der Waals surface area contributed by atoms with Crippen LogP contribution in [-0.4, -0.2) is 51.5 Å². The first-order valence-electron chi connectivity index (χ1n) is 4.53. The fourth-order valence-corrected chi connectivity index (χ4v) is 1.20. The number of hydrogen-bond donors (Lipinski definition) is 1. The number of rotatable bonds is 3. The molecule has 19 heavy (non-hydrogen) atoms. The molecule has 11 nitrogen and oxygen atoms in total. The molecule has 1 amide bonds. The lowest BCUT2D eigenvalue weighted by Gasteiger charge is -2.01. The predicted molar refractivity (Wildman–Crippen MR) is 59.9 cm³/mol. The molecule has 1 fully saturated rings. The van der Waals surface area contributed by atoms with Gasteiger partial charge >= 0.3 is 12.0 Å². The summed E-state index contributed by atoms with van der Waals surface area (Å²) in [6.45, 7) is 0.532. The van der Waals surface area contributed by atoms with Crippen molar-refractivity contribution >= 4 is 18.2 Å². The highest BCUT2D eigenvalue weighted by atomic mass is 16.7. The van der Waals surface area contributed by atoms with Gasteiger partial charge in [-0.1, -0.05) is 0 Å². The highest BCUT2D eigenvalue weighted by molar-refractivity contribution is 5.79. The molecule has 0 atom stereocenters. The minimum atomic E-state index is -0.864. The average Bonchev–Trinajstić information content (AvgIpc) is 2.82. The Morgan fingerprint density at radius 1 is 1.53 bits per heavy atom. The number of amides is 1. The molecule has 11 heteroatoms. The van der Waals surface area contributed by atoms with Gasteiger partial charge in [-0.3, -0.25) is 10.1 Å². The molecular weight excluding hydrogens is 266 g/mol. The van der Waals surface area contributed by atoms with E-state index in [1.54, 1.807) is 0 Å². The normalized spacial score (nSPS) is 13.9. The van der Waals surface area contributed by atoms with Gasteiger partial charge < -0.3 is 25.2 Å². The summed E-state index contributed by atoms with van der Waals surface area (Å²) in [5.74, 6) is -1.40. The molecule has 0 aliphatic carbocycles. The maximum absolute atomic E-state index is 11.0. The van der Waals surface area contributed by atoms with Crippen molar-refractivity contribution in [2.24, 2.45) is 5.10 Å². The molecule has 0 saturated carbocycles. The maximum Gasteiger partial charge on any atom is 0.476 e. The summed E-state index contributed by atoms with van der Waals surface area (Å²) in [4.78, 5) is 20.5. The summed E-state index contributed by atoms with van der Waals surface area (Å²) in [5, 5.41) is 24.2. The number of carbonyl (C=O) groups is 1. The van der Waals surface area contributed by atoms with Gasteiger partial charge in [-0.2, -0.15) is 10.1 Å². The lowest BCUT2D eigenvalue weighted by molar-refractivity contribution is -0.403. The zero-order valence-corrected chi connectivity index (χ0v) is 9.40. The minimum absolute atomic E-state index is 0. The molecule has 0 unspecified atom stereocenters. The van der Waals surface area contributed by atoms with Gasteiger partial charge in [0, 0.05) is 6.07 Å². The molecule has 0 bridgehead atoms. The molecule has 106 valence electrons. The van der Waals surface area contributed by atoms with Crippen LogP contribution in [0.25, 0.3) is 0 Å². The van der Waals surface area contributed by atoms with Crippen LogP contribution >= 0.6 is 0 Å². The Kier molecular flexibility index (Phi) is 5.44. The Morgan fingerprint density at radius 2 is 2.21 bits per heavy atom. The van der Waals surface area contributed by atoms with Crippen LogP contribution in [0.4, 0.5) is 10.7 Å². The van der Waals surface area contributed by atoms with Crippen molar-refractivity contribution in [1.29, 1.82) is 0 Å². The summed E-state index contributed by atoms with van der Waals surface area (Å²) in [7, 11) is 0. The maximum atomic E-state index is 11.0. The van der Waals surface area contributed by atoms with E-state index in [1.807, 2.05) is 0 Å². The number of aromatic hydroxyl groups is 1. The zero-order valence-electron chi connectivity index (χ0n) is 9.40. The first-order valence-corrected chi connectivity index (χ1v) is 4.53. The van der Waals surface area contributed by atoms with Crippen molar-refractivity contribution in [3.8, 4) is 5.75 Å². The third kappa shape index (κ3) is 3.40. The lowest BCUT2D eigenvalue weighted by Crippen LogP contribution is -2.17. The van der Waals surface area contributed by atoms with E-state index in [0.29, 0.717) is 6.54 Å². The van der Waals surface area contributed by atoms with Crippen LogP contribution < -0.4 is 0 Å². The van der Waals surface area contributed by atoms with E-state index >= 15 is 0 Å². The zero-order chi connectivity index (χ0) is 12.4. The van der Waals surface area contributed by atoms with E-state index in [9.17, 15) is 14.9 Å². The van der Waals surface area contributed by atoms with Gasteiger partial charge in [0.15, 0.2) is 5.76 Å². The van der Waals surface area contributed by atoms with Crippen molar-refractivity contribution in [3.05, 3.63) is 21.9 Å². The van der Waals surface area contributed by atoms with Gasteiger partial charge in [-0.25, -0.2) is 4.79 Å². The molecule has 0 radical (unpaired) electrons. The van der Waals surface area contributed by atoms with E-state index in [2.05, 4.69) is 9.84 Å². The van der Waals surface area contributed by atoms with E-state index in [0.717, 1.165) is 17.3 Å². The predicted octanol–water partition coefficient (Wildman–Crippen LogP) is -0.970. The van der Waals surface area contributed by atoms with Gasteiger partial charge in [0.2, 0.25) is 5.75 Å². The van der Waals surface area contributed by atoms with Crippen LogP contribution in [0, 0.1) is 10.1 Å². The topological polar surface area (TPSA) is 181 Å². The number of hydrogen-bond acceptors (Lipinski definition) is 7. The number of nitro groups is 1. The molecule has 0 spiro atoms. The summed E-state index contributed by atoms with van der Waals surface area (Å²) in [5.41, 5.74) is 0. The number of cyclic esters (lactones) is 1. The third-order valence-corrected chi connectivity index (χ3v) is 1.94. The molecule has 1 saturated heterocycles. The Bertz CT molecular complexity index is 496. The summed E-state index contributed by atoms with van der Waals surface area (Å²) >= 11 is 0. The molecule has 1 aliphatic heterocycles. The molecule has 0 aromatic carbocycles. The van der Waals surface area contributed by atoms with E-state index in [-0.39, 0.29) is 23.3 Å². The smallest absolute Gasteiger partial charge is 0.476 e. The van der Waals surface area contributed by atoms with Crippen molar-refractivity contribution in [3.63, 3.8) is 0 Å². The third-order valence-electron chi connectivity index (χ3n) is 1.94. The van der Waals surface area contributed by atoms with Crippen molar-refractivity contribution in [2.75, 3.05) is 13.2 Å². The SMILES string of the molecule is O.O.O=C1OCCN1/N=C/c1cc(O)c([N+](=O)[O-])o1. The van der Waals surface area contributed by atoms with Crippen LogP contribution in [-0.2, 0) is 4.74 Å². The molecule has 1 aliphatic rings. The molecule has 2 heterocycles. The number of hydrazone groups is 1. The molecular formula is C8H11N3O8. The fraction of sp³-hybridized carbons (Fsp3) is 0.250. The lowest BCUT2D eigenvalue weighted by atomic mass is 10.4. The van der Waals surface area contributed by atoms with Crippen LogP contribution in [0.15, 0.2) is 15.6 Å². The Morgan fingerprint density at radius 3 is 2.68 bits per heavy atom. The second-order valence-corrected chi connectivity index (χ2v) is 3.08. The standard InChI is InChI=1S/C8H7N3O6.2H2O/c12-6-3-5(17-7(6)11(14)15)4-9-10-1-2-16-8(10)13;;/h3-4,12H,1-2H2;2*1H2/b9-4+;;. The second-order valence-electron chi connectivity index (χ2n) is 3.08. The Hall–Kier alpha value is -2.66. The Labute approximate surface area is 105 Å². The number of ether oxygens (including phenoxy) is 1. The van der Waals surface area contributed by atoms with Gasteiger partial charge in [0.25, 0.3) is 0 Å². The van der Waals surface area contributed by atoms with E-state index in [4.69, 9.17) is 9.52 Å². The number of furan rings is 1. The molecule has 5 N–H and O–H groups in total. The second kappa shape index (κ2) is 6.32. The van der Waals surface area contributed by atoms with E-state index < -0.39 is 22.7 Å². The summed E-state index contributed by atoms with van der Waals surface area (Å²) in [6, 6.07) is 1.03. The van der Waals surface area contributed by atoms with Crippen molar-refractivity contribution in [2.45, 2.75) is 0 Å². The van der Waals surface area contributed by atoms with Crippen LogP contribution in [0.2, 0.25) is 0 Å². The highest BCUT2D eigenvalue weighted by Crippen LogP contribution is 2.28. The number of nitrogens with zero attached hydrogens (tertiary/aromatic N) is 3. The summed E-state index contributed by atoms with van der Waals surface area (Å²) < 4.78 is 9.30. The van der Waals surface area contributed by atoms with Crippen LogP contribution in [0.5, 0.6) is 5.75 Å². The first kappa shape index (κ1) is 16.3. The first-order chi connectivity index (χ1) is 8.08. The number of carbonyl (C=O) groups excluding carboxylic acids is 1. The van der Waals surface area contributed by atoms with Crippen molar-refractivity contribution < 1.29 is 34.9 Å². The Balaban J connectivity index is 0.00000162. The van der Waals surface area contributed by atoms with E-state index in [1.165, 1.54) is 0 Å². The monoisotopic (exact) mass is 277 g/mol. The molecule has 1 aromatic rings. The van der Waals surface area contributed by atoms with Crippen LogP contribution in [0.1, 0.15) is 5.76 Å². The van der Waals surface area contributed by atoms with Gasteiger partial charge in [0.1, 0.15) is 11.5 Å². The van der Waals surface area contributed by atoms with Crippen LogP contribution in [0.3, 0.4) is 0 Å². The summed E-state index contributed by atoms with van der Waals surface area (Å²) in [6.07, 6.45) is 0.478. The fourth-order valence-electron chi connectivity index (χ4n) is 1.20. The van der Waals surface area contributed by atoms with Gasteiger partial charge in [0.05, 0.1) is 12.8 Å².